The van der Waals surface area contributed by atoms with Crippen LogP contribution in [0.4, 0.5) is 27.6 Å². The van der Waals surface area contributed by atoms with Crippen molar-refractivity contribution in [3.63, 3.8) is 0 Å². The summed E-state index contributed by atoms with van der Waals surface area (Å²) in [6.07, 6.45) is -5.40. The summed E-state index contributed by atoms with van der Waals surface area (Å²) < 4.78 is 80.8. The van der Waals surface area contributed by atoms with E-state index in [0.29, 0.717) is 5.92 Å². The molecule has 3 saturated carbocycles. The SMILES string of the molecule is CC1(C)[C@@H]2C[C@H]3OB(C(CC(F)F)NC(=O)[C@@H]4C[C@@](C)(N)c5ncc(NCc6cccc(C(F)(F)F)c6)c(=O)n54)O[C@@]3(C)[C@H]1C2. The van der Waals surface area contributed by atoms with Crippen molar-refractivity contribution in [2.75, 3.05) is 5.32 Å². The number of halogens is 5. The van der Waals surface area contributed by atoms with E-state index in [1.54, 1.807) is 6.92 Å². The highest BCUT2D eigenvalue weighted by Gasteiger charge is 2.68. The molecule has 4 fully saturated rings. The predicted molar refractivity (Wildman–Crippen MR) is 155 cm³/mol. The first-order chi connectivity index (χ1) is 20.9. The van der Waals surface area contributed by atoms with Gasteiger partial charge in [-0.1, -0.05) is 26.0 Å². The molecule has 1 aromatic carbocycles. The molecule has 1 saturated heterocycles. The number of nitrogens with zero attached hydrogens (tertiary/aromatic N) is 2. The number of hydrogen-bond donors (Lipinski definition) is 3. The summed E-state index contributed by atoms with van der Waals surface area (Å²) in [5, 5.41) is 5.48. The van der Waals surface area contributed by atoms with Crippen LogP contribution >= 0.6 is 0 Å². The summed E-state index contributed by atoms with van der Waals surface area (Å²) in [5.74, 6) is -1.16. The number of nitrogens with two attached hydrogens (primary N) is 1. The van der Waals surface area contributed by atoms with E-state index in [9.17, 15) is 31.5 Å². The van der Waals surface area contributed by atoms with Crippen molar-refractivity contribution in [3.8, 4) is 0 Å². The molecule has 0 spiro atoms. The van der Waals surface area contributed by atoms with Crippen LogP contribution < -0.4 is 21.9 Å². The number of alkyl halides is 5. The second-order valence-electron chi connectivity index (χ2n) is 13.9. The summed E-state index contributed by atoms with van der Waals surface area (Å²) in [6.45, 7) is 7.79. The zero-order valence-electron chi connectivity index (χ0n) is 25.5. The smallest absolute Gasteiger partial charge is 0.404 e. The minimum Gasteiger partial charge on any atom is -0.404 e. The number of aromatic nitrogens is 2. The van der Waals surface area contributed by atoms with Crippen molar-refractivity contribution >= 4 is 18.7 Å². The number of amides is 1. The molecule has 3 heterocycles. The first-order valence-electron chi connectivity index (χ1n) is 15.1. The minimum atomic E-state index is -4.53. The topological polar surface area (TPSA) is 121 Å². The zero-order valence-corrected chi connectivity index (χ0v) is 25.5. The standard InChI is InChI=1S/C30H37BF5N5O4/c1-27(2)17-9-20(27)29(4)21(10-17)44-31(45-29)22(11-23(32)33)40-24(42)19-12-28(3,37)26-39-14-18(25(43)41(19)26)38-13-15-6-5-7-16(8-15)30(34,35)36/h5-8,14,17,19-23,38H,9-13,37H2,1-4H3,(H,40,42)/t17-,19-,20-,21+,22?,28+,29-/m0/s1. The van der Waals surface area contributed by atoms with Crippen LogP contribution in [0, 0.1) is 17.3 Å². The van der Waals surface area contributed by atoms with Crippen LogP contribution in [0.15, 0.2) is 35.3 Å². The molecule has 1 aromatic heterocycles. The lowest BCUT2D eigenvalue weighted by Crippen LogP contribution is -2.65. The second kappa shape index (κ2) is 10.8. The van der Waals surface area contributed by atoms with Crippen molar-refractivity contribution < 1.29 is 36.1 Å². The molecule has 2 aromatic rings. The van der Waals surface area contributed by atoms with Crippen molar-refractivity contribution in [3.05, 3.63) is 57.8 Å². The Bertz CT molecular complexity index is 1550. The monoisotopic (exact) mass is 637 g/mol. The van der Waals surface area contributed by atoms with Gasteiger partial charge in [0.25, 0.3) is 5.56 Å². The Morgan fingerprint density at radius 2 is 1.96 bits per heavy atom. The number of anilines is 1. The largest absolute Gasteiger partial charge is 0.481 e. The molecule has 9 nitrogen and oxygen atoms in total. The average Bonchev–Trinajstić information content (AvgIpc) is 3.45. The van der Waals surface area contributed by atoms with E-state index in [2.05, 4.69) is 29.5 Å². The Morgan fingerprint density at radius 3 is 2.62 bits per heavy atom. The Kier molecular flexibility index (Phi) is 7.64. The number of fused-ring (bicyclic) bond motifs is 1. The van der Waals surface area contributed by atoms with E-state index in [1.165, 1.54) is 18.3 Å². The van der Waals surface area contributed by atoms with Crippen LogP contribution in [-0.2, 0) is 32.4 Å². The summed E-state index contributed by atoms with van der Waals surface area (Å²) >= 11 is 0. The number of carbonyl (C=O) groups excluding carboxylic acids is 1. The molecule has 15 heteroatoms. The Hall–Kier alpha value is -3.04. The molecule has 2 aliphatic heterocycles. The van der Waals surface area contributed by atoms with Gasteiger partial charge in [0.15, 0.2) is 0 Å². The normalized spacial score (nSPS) is 32.1. The van der Waals surface area contributed by atoms with Gasteiger partial charge in [-0.05, 0) is 61.6 Å². The van der Waals surface area contributed by atoms with Crippen LogP contribution in [0.5, 0.6) is 0 Å². The molecule has 5 aliphatic rings. The van der Waals surface area contributed by atoms with Gasteiger partial charge in [-0.15, -0.1) is 0 Å². The summed E-state index contributed by atoms with van der Waals surface area (Å²) in [5.41, 5.74) is 3.31. The fourth-order valence-electron chi connectivity index (χ4n) is 7.93. The molecule has 4 N–H and O–H groups in total. The maximum atomic E-state index is 13.8. The number of benzene rings is 1. The van der Waals surface area contributed by atoms with Gasteiger partial charge in [0.05, 0.1) is 34.9 Å². The first kappa shape index (κ1) is 31.9. The fraction of sp³-hybridized carbons (Fsp3) is 0.633. The highest BCUT2D eigenvalue weighted by atomic mass is 19.4. The van der Waals surface area contributed by atoms with Gasteiger partial charge < -0.3 is 25.7 Å². The minimum absolute atomic E-state index is 0.0329. The van der Waals surface area contributed by atoms with E-state index in [-0.39, 0.29) is 47.5 Å². The molecule has 7 rings (SSSR count). The molecule has 2 bridgehead atoms. The number of hydrogen-bond acceptors (Lipinski definition) is 7. The molecule has 244 valence electrons. The third-order valence-electron chi connectivity index (χ3n) is 10.5. The molecular weight excluding hydrogens is 600 g/mol. The molecule has 7 atom stereocenters. The van der Waals surface area contributed by atoms with Gasteiger partial charge in [0, 0.05) is 19.4 Å². The van der Waals surface area contributed by atoms with Gasteiger partial charge in [-0.25, -0.2) is 13.8 Å². The van der Waals surface area contributed by atoms with Crippen LogP contribution in [-0.4, -0.2) is 46.6 Å². The van der Waals surface area contributed by atoms with E-state index >= 15 is 0 Å². The summed E-state index contributed by atoms with van der Waals surface area (Å²) in [7, 11) is -1.10. The Labute approximate surface area is 257 Å². The van der Waals surface area contributed by atoms with Crippen LogP contribution in [0.1, 0.15) is 76.4 Å². The predicted octanol–water partition coefficient (Wildman–Crippen LogP) is 4.40. The third kappa shape index (κ3) is 5.44. The van der Waals surface area contributed by atoms with E-state index in [0.717, 1.165) is 29.5 Å². The van der Waals surface area contributed by atoms with Crippen molar-refractivity contribution in [2.45, 2.75) is 102 Å². The van der Waals surface area contributed by atoms with Crippen molar-refractivity contribution in [1.29, 1.82) is 0 Å². The molecular formula is C30H37BF5N5O4. The van der Waals surface area contributed by atoms with E-state index in [1.807, 2.05) is 6.92 Å². The van der Waals surface area contributed by atoms with Crippen LogP contribution in [0.3, 0.4) is 0 Å². The van der Waals surface area contributed by atoms with Gasteiger partial charge in [0.1, 0.15) is 17.6 Å². The van der Waals surface area contributed by atoms with Gasteiger partial charge in [0.2, 0.25) is 12.3 Å². The lowest BCUT2D eigenvalue weighted by molar-refractivity contribution is -0.199. The lowest BCUT2D eigenvalue weighted by atomic mass is 9.43. The van der Waals surface area contributed by atoms with Gasteiger partial charge in [-0.3, -0.25) is 14.2 Å². The highest BCUT2D eigenvalue weighted by Crippen LogP contribution is 2.65. The Morgan fingerprint density at radius 1 is 1.22 bits per heavy atom. The van der Waals surface area contributed by atoms with Crippen molar-refractivity contribution in [2.24, 2.45) is 23.0 Å². The van der Waals surface area contributed by atoms with Gasteiger partial charge in [-0.2, -0.15) is 13.2 Å². The maximum absolute atomic E-state index is 13.8. The number of carbonyl (C=O) groups is 1. The maximum Gasteiger partial charge on any atom is 0.481 e. The van der Waals surface area contributed by atoms with Crippen LogP contribution in [0.25, 0.3) is 0 Å². The first-order valence-corrected chi connectivity index (χ1v) is 15.1. The van der Waals surface area contributed by atoms with Crippen LogP contribution in [0.2, 0.25) is 0 Å². The average molecular weight is 637 g/mol. The summed E-state index contributed by atoms with van der Waals surface area (Å²) in [4.78, 5) is 31.7. The van der Waals surface area contributed by atoms with E-state index in [4.69, 9.17) is 15.0 Å². The number of nitrogens with one attached hydrogen (secondary N) is 2. The number of rotatable bonds is 8. The molecule has 3 aliphatic carbocycles. The van der Waals surface area contributed by atoms with Crippen molar-refractivity contribution in [1.82, 2.24) is 14.9 Å². The zero-order chi connectivity index (χ0) is 32.7. The fourth-order valence-corrected chi connectivity index (χ4v) is 7.93. The lowest BCUT2D eigenvalue weighted by Gasteiger charge is -2.64. The molecule has 0 radical (unpaired) electrons. The third-order valence-corrected chi connectivity index (χ3v) is 10.5. The second-order valence-corrected chi connectivity index (χ2v) is 13.9. The molecule has 45 heavy (non-hydrogen) atoms. The highest BCUT2D eigenvalue weighted by molar-refractivity contribution is 6.47. The quantitative estimate of drug-likeness (QED) is 0.290. The molecule has 1 amide bonds. The molecule has 1 unspecified atom stereocenters. The Balaban J connectivity index is 1.22. The summed E-state index contributed by atoms with van der Waals surface area (Å²) in [6, 6.07) is 3.47. The van der Waals surface area contributed by atoms with Gasteiger partial charge >= 0.3 is 13.3 Å². The van der Waals surface area contributed by atoms with E-state index < -0.39 is 66.3 Å².